The third kappa shape index (κ3) is 4.04. The van der Waals surface area contributed by atoms with Gasteiger partial charge in [-0.25, -0.2) is 9.59 Å². The third-order valence-corrected chi connectivity index (χ3v) is 2.55. The van der Waals surface area contributed by atoms with Crippen molar-refractivity contribution in [3.63, 3.8) is 0 Å². The summed E-state index contributed by atoms with van der Waals surface area (Å²) < 4.78 is 0. The fourth-order valence-corrected chi connectivity index (χ4v) is 1.42. The van der Waals surface area contributed by atoms with Crippen LogP contribution in [0.5, 0.6) is 0 Å². The Bertz CT molecular complexity index is 434. The number of hydrogen-bond acceptors (Lipinski definition) is 3. The molecule has 1 heterocycles. The normalized spacial score (nSPS) is 11.7. The fourth-order valence-electron chi connectivity index (χ4n) is 1.42. The molecule has 18 heavy (non-hydrogen) atoms. The number of amides is 2. The van der Waals surface area contributed by atoms with E-state index >= 15 is 0 Å². The number of rotatable bonds is 5. The lowest BCUT2D eigenvalue weighted by Crippen LogP contribution is -2.45. The number of carbonyl (C=O) groups excluding carboxylic acids is 1. The minimum absolute atomic E-state index is 0.272. The zero-order chi connectivity index (χ0) is 13.5. The maximum Gasteiger partial charge on any atom is 0.326 e. The van der Waals surface area contributed by atoms with Crippen molar-refractivity contribution in [1.82, 2.24) is 15.6 Å². The van der Waals surface area contributed by atoms with E-state index in [0.29, 0.717) is 6.42 Å². The highest BCUT2D eigenvalue weighted by Crippen LogP contribution is 2.02. The monoisotopic (exact) mass is 251 g/mol. The number of pyridine rings is 1. The second kappa shape index (κ2) is 6.58. The molecular weight excluding hydrogens is 234 g/mol. The average Bonchev–Trinajstić information content (AvgIpc) is 2.34. The number of hydrogen-bond donors (Lipinski definition) is 3. The van der Waals surface area contributed by atoms with E-state index in [9.17, 15) is 9.59 Å². The highest BCUT2D eigenvalue weighted by Gasteiger charge is 2.17. The zero-order valence-electron chi connectivity index (χ0n) is 10.4. The molecule has 0 saturated carbocycles. The van der Waals surface area contributed by atoms with Crippen LogP contribution < -0.4 is 10.6 Å². The van der Waals surface area contributed by atoms with Crippen molar-refractivity contribution >= 4 is 12.0 Å². The Kier molecular flexibility index (Phi) is 5.10. The predicted octanol–water partition coefficient (Wildman–Crippen LogP) is 1.05. The lowest BCUT2D eigenvalue weighted by molar-refractivity contribution is -0.139. The molecule has 0 aliphatic heterocycles. The maximum atomic E-state index is 11.5. The Morgan fingerprint density at radius 2 is 2.22 bits per heavy atom. The van der Waals surface area contributed by atoms with E-state index in [4.69, 9.17) is 5.11 Å². The van der Waals surface area contributed by atoms with E-state index in [-0.39, 0.29) is 6.54 Å². The third-order valence-electron chi connectivity index (χ3n) is 2.55. The predicted molar refractivity (Wildman–Crippen MR) is 66.1 cm³/mol. The number of aliphatic carboxylic acids is 1. The van der Waals surface area contributed by atoms with E-state index in [0.717, 1.165) is 11.3 Å². The van der Waals surface area contributed by atoms with Crippen LogP contribution in [-0.4, -0.2) is 28.1 Å². The van der Waals surface area contributed by atoms with Gasteiger partial charge in [0.1, 0.15) is 6.04 Å². The summed E-state index contributed by atoms with van der Waals surface area (Å²) in [5.41, 5.74) is 1.74. The number of carboxylic acid groups (broad SMARTS) is 1. The molecule has 6 heteroatoms. The molecule has 0 unspecified atom stereocenters. The summed E-state index contributed by atoms with van der Waals surface area (Å²) in [4.78, 5) is 26.4. The van der Waals surface area contributed by atoms with Gasteiger partial charge in [0.2, 0.25) is 0 Å². The molecule has 1 atom stereocenters. The average molecular weight is 251 g/mol. The number of urea groups is 1. The van der Waals surface area contributed by atoms with Gasteiger partial charge in [0.25, 0.3) is 0 Å². The molecule has 2 amide bonds. The van der Waals surface area contributed by atoms with Gasteiger partial charge in [0.05, 0.1) is 12.2 Å². The molecule has 0 saturated heterocycles. The van der Waals surface area contributed by atoms with E-state index in [1.807, 2.05) is 19.1 Å². The Labute approximate surface area is 105 Å². The Hall–Kier alpha value is -2.11. The van der Waals surface area contributed by atoms with Crippen molar-refractivity contribution in [3.05, 3.63) is 29.6 Å². The molecule has 0 fully saturated rings. The summed E-state index contributed by atoms with van der Waals surface area (Å²) in [6.07, 6.45) is 1.99. The summed E-state index contributed by atoms with van der Waals surface area (Å²) in [5, 5.41) is 13.8. The van der Waals surface area contributed by atoms with Crippen LogP contribution in [0.25, 0.3) is 0 Å². The van der Waals surface area contributed by atoms with E-state index in [2.05, 4.69) is 15.6 Å². The largest absolute Gasteiger partial charge is 0.480 e. The summed E-state index contributed by atoms with van der Waals surface area (Å²) in [7, 11) is 0. The molecule has 1 aromatic rings. The Morgan fingerprint density at radius 1 is 1.50 bits per heavy atom. The van der Waals surface area contributed by atoms with E-state index < -0.39 is 18.0 Å². The van der Waals surface area contributed by atoms with Gasteiger partial charge in [-0.3, -0.25) is 4.98 Å². The van der Waals surface area contributed by atoms with Gasteiger partial charge in [-0.05, 0) is 25.0 Å². The smallest absolute Gasteiger partial charge is 0.326 e. The van der Waals surface area contributed by atoms with Crippen LogP contribution >= 0.6 is 0 Å². The molecule has 0 bridgehead atoms. The van der Waals surface area contributed by atoms with Crippen molar-refractivity contribution in [2.75, 3.05) is 0 Å². The maximum absolute atomic E-state index is 11.5. The second-order valence-electron chi connectivity index (χ2n) is 3.89. The zero-order valence-corrected chi connectivity index (χ0v) is 10.4. The second-order valence-corrected chi connectivity index (χ2v) is 3.89. The van der Waals surface area contributed by atoms with Gasteiger partial charge in [-0.1, -0.05) is 13.0 Å². The van der Waals surface area contributed by atoms with E-state index in [1.165, 1.54) is 0 Å². The van der Waals surface area contributed by atoms with Crippen LogP contribution in [0, 0.1) is 6.92 Å². The number of aryl methyl sites for hydroxylation is 1. The molecule has 0 radical (unpaired) electrons. The van der Waals surface area contributed by atoms with Crippen LogP contribution in [0.2, 0.25) is 0 Å². The van der Waals surface area contributed by atoms with Crippen molar-refractivity contribution in [2.45, 2.75) is 32.9 Å². The van der Waals surface area contributed by atoms with Crippen molar-refractivity contribution in [1.29, 1.82) is 0 Å². The molecule has 0 aromatic carbocycles. The molecule has 3 N–H and O–H groups in total. The summed E-state index contributed by atoms with van der Waals surface area (Å²) in [6.45, 7) is 3.87. The van der Waals surface area contributed by atoms with Gasteiger partial charge in [0.15, 0.2) is 0 Å². The number of aromatic nitrogens is 1. The molecule has 6 nitrogen and oxygen atoms in total. The number of carbonyl (C=O) groups is 2. The minimum atomic E-state index is -1.04. The van der Waals surface area contributed by atoms with Crippen molar-refractivity contribution in [2.24, 2.45) is 0 Å². The summed E-state index contributed by atoms with van der Waals surface area (Å²) in [5.74, 6) is -1.04. The molecule has 1 rings (SSSR count). The number of nitrogens with zero attached hydrogens (tertiary/aromatic N) is 1. The lowest BCUT2D eigenvalue weighted by Gasteiger charge is -2.13. The Morgan fingerprint density at radius 3 is 2.78 bits per heavy atom. The van der Waals surface area contributed by atoms with Gasteiger partial charge < -0.3 is 15.7 Å². The van der Waals surface area contributed by atoms with Gasteiger partial charge >= 0.3 is 12.0 Å². The van der Waals surface area contributed by atoms with Crippen LogP contribution in [0.4, 0.5) is 4.79 Å². The van der Waals surface area contributed by atoms with Gasteiger partial charge in [-0.2, -0.15) is 0 Å². The van der Waals surface area contributed by atoms with Crippen molar-refractivity contribution in [3.8, 4) is 0 Å². The first-order valence-corrected chi connectivity index (χ1v) is 5.72. The first-order valence-electron chi connectivity index (χ1n) is 5.72. The highest BCUT2D eigenvalue weighted by atomic mass is 16.4. The lowest BCUT2D eigenvalue weighted by atomic mass is 10.2. The standard InChI is InChI=1S/C12H17N3O3/c1-3-9(11(16)17)15-12(18)14-7-10-8(2)5-4-6-13-10/h4-6,9H,3,7H2,1-2H3,(H,16,17)(H2,14,15,18)/t9-/m1/s1. The molecule has 1 aromatic heterocycles. The summed E-state index contributed by atoms with van der Waals surface area (Å²) in [6, 6.07) is 2.34. The van der Waals surface area contributed by atoms with Crippen molar-refractivity contribution < 1.29 is 14.7 Å². The van der Waals surface area contributed by atoms with E-state index in [1.54, 1.807) is 13.1 Å². The van der Waals surface area contributed by atoms with Crippen LogP contribution in [0.1, 0.15) is 24.6 Å². The fraction of sp³-hybridized carbons (Fsp3) is 0.417. The number of carboxylic acids is 1. The van der Waals surface area contributed by atoms with Gasteiger partial charge in [-0.15, -0.1) is 0 Å². The molecule has 0 spiro atoms. The van der Waals surface area contributed by atoms with Crippen LogP contribution in [0.3, 0.4) is 0 Å². The molecule has 98 valence electrons. The van der Waals surface area contributed by atoms with Crippen LogP contribution in [0.15, 0.2) is 18.3 Å². The SMILES string of the molecule is CC[C@@H](NC(=O)NCc1ncccc1C)C(=O)O. The quantitative estimate of drug-likeness (QED) is 0.729. The number of nitrogens with one attached hydrogen (secondary N) is 2. The van der Waals surface area contributed by atoms with Crippen LogP contribution in [-0.2, 0) is 11.3 Å². The van der Waals surface area contributed by atoms with Gasteiger partial charge in [0, 0.05) is 6.20 Å². The topological polar surface area (TPSA) is 91.3 Å². The minimum Gasteiger partial charge on any atom is -0.480 e. The highest BCUT2D eigenvalue weighted by molar-refractivity contribution is 5.82. The molecule has 0 aliphatic carbocycles. The first-order chi connectivity index (χ1) is 8.54. The summed E-state index contributed by atoms with van der Waals surface area (Å²) >= 11 is 0. The molecule has 0 aliphatic rings. The molecular formula is C12H17N3O3. The first kappa shape index (κ1) is 14.0. The Balaban J connectivity index is 2.47.